The molecule has 2 saturated carbocycles. The summed E-state index contributed by atoms with van der Waals surface area (Å²) in [6.45, 7) is 4.76. The Bertz CT molecular complexity index is 460. The molecule has 2 N–H and O–H groups in total. The van der Waals surface area contributed by atoms with Crippen molar-refractivity contribution in [3.63, 3.8) is 0 Å². The van der Waals surface area contributed by atoms with Gasteiger partial charge in [0.05, 0.1) is 0 Å². The third-order valence-corrected chi connectivity index (χ3v) is 6.42. The molecule has 3 aliphatic rings. The minimum absolute atomic E-state index is 0. The van der Waals surface area contributed by atoms with Gasteiger partial charge in [0.25, 0.3) is 0 Å². The molecule has 3 fully saturated rings. The Kier molecular flexibility index (Phi) is 8.68. The van der Waals surface area contributed by atoms with E-state index in [1.807, 2.05) is 0 Å². The third kappa shape index (κ3) is 5.85. The Morgan fingerprint density at radius 1 is 1.04 bits per heavy atom. The van der Waals surface area contributed by atoms with E-state index in [0.29, 0.717) is 24.3 Å². The Hall–Kier alpha value is -0.810. The summed E-state index contributed by atoms with van der Waals surface area (Å²) in [4.78, 5) is 27.1. The van der Waals surface area contributed by atoms with E-state index in [2.05, 4.69) is 22.5 Å². The molecule has 3 rings (SSSR count). The van der Waals surface area contributed by atoms with E-state index in [4.69, 9.17) is 0 Å². The van der Waals surface area contributed by atoms with Crippen LogP contribution in [0.2, 0.25) is 0 Å². The van der Waals surface area contributed by atoms with E-state index in [0.717, 1.165) is 45.3 Å². The van der Waals surface area contributed by atoms with Gasteiger partial charge in [-0.2, -0.15) is 0 Å². The first-order chi connectivity index (χ1) is 12.1. The van der Waals surface area contributed by atoms with Crippen LogP contribution in [0.1, 0.15) is 71.1 Å². The summed E-state index contributed by atoms with van der Waals surface area (Å²) < 4.78 is 0. The lowest BCUT2D eigenvalue weighted by atomic mass is 9.84. The molecular formula is C20H36ClN3O2. The molecule has 0 aromatic carbocycles. The van der Waals surface area contributed by atoms with Gasteiger partial charge in [0.2, 0.25) is 11.8 Å². The highest BCUT2D eigenvalue weighted by Gasteiger charge is 2.32. The maximum Gasteiger partial charge on any atom is 0.226 e. The Morgan fingerprint density at radius 3 is 2.38 bits per heavy atom. The van der Waals surface area contributed by atoms with Gasteiger partial charge in [-0.05, 0) is 51.4 Å². The SMILES string of the molecule is C[C@@H]1CNCCN1C(=O)C1CCC(NC(=O)CC2CCCCC2)CC1.Cl. The number of nitrogens with one attached hydrogen (secondary N) is 2. The molecule has 1 saturated heterocycles. The van der Waals surface area contributed by atoms with Gasteiger partial charge in [0, 0.05) is 44.1 Å². The van der Waals surface area contributed by atoms with E-state index in [-0.39, 0.29) is 30.3 Å². The standard InChI is InChI=1S/C20H35N3O2.ClH/c1-15-14-21-11-12-23(15)20(25)17-7-9-18(10-8-17)22-19(24)13-16-5-3-2-4-6-16;/h15-18,21H,2-14H2,1H3,(H,22,24);1H/t15-,17?,18?;/m1./s1. The number of hydrogen-bond acceptors (Lipinski definition) is 3. The number of halogens is 1. The zero-order valence-electron chi connectivity index (χ0n) is 16.2. The van der Waals surface area contributed by atoms with Crippen molar-refractivity contribution in [3.8, 4) is 0 Å². The van der Waals surface area contributed by atoms with E-state index in [1.165, 1.54) is 32.1 Å². The van der Waals surface area contributed by atoms with Crippen LogP contribution in [0, 0.1) is 11.8 Å². The molecule has 26 heavy (non-hydrogen) atoms. The van der Waals surface area contributed by atoms with Crippen molar-refractivity contribution in [1.82, 2.24) is 15.5 Å². The number of rotatable bonds is 4. The lowest BCUT2D eigenvalue weighted by Gasteiger charge is -2.38. The molecule has 6 heteroatoms. The second-order valence-electron chi connectivity index (χ2n) is 8.41. The minimum atomic E-state index is 0. The summed E-state index contributed by atoms with van der Waals surface area (Å²) in [6.07, 6.45) is 10.8. The highest BCUT2D eigenvalue weighted by molar-refractivity contribution is 5.85. The van der Waals surface area contributed by atoms with Gasteiger partial charge >= 0.3 is 0 Å². The van der Waals surface area contributed by atoms with Crippen molar-refractivity contribution in [3.05, 3.63) is 0 Å². The molecule has 0 bridgehead atoms. The average molecular weight is 386 g/mol. The number of nitrogens with zero attached hydrogens (tertiary/aromatic N) is 1. The maximum absolute atomic E-state index is 12.8. The summed E-state index contributed by atoms with van der Waals surface area (Å²) in [7, 11) is 0. The maximum atomic E-state index is 12.8. The van der Waals surface area contributed by atoms with Crippen molar-refractivity contribution >= 4 is 24.2 Å². The van der Waals surface area contributed by atoms with Crippen molar-refractivity contribution in [2.24, 2.45) is 11.8 Å². The van der Waals surface area contributed by atoms with E-state index < -0.39 is 0 Å². The van der Waals surface area contributed by atoms with E-state index in [1.54, 1.807) is 0 Å². The first-order valence-electron chi connectivity index (χ1n) is 10.4. The highest BCUT2D eigenvalue weighted by Crippen LogP contribution is 2.29. The van der Waals surface area contributed by atoms with Crippen molar-refractivity contribution in [2.75, 3.05) is 19.6 Å². The zero-order chi connectivity index (χ0) is 17.6. The summed E-state index contributed by atoms with van der Waals surface area (Å²) in [6, 6.07) is 0.578. The third-order valence-electron chi connectivity index (χ3n) is 6.42. The average Bonchev–Trinajstić information content (AvgIpc) is 2.63. The molecule has 0 unspecified atom stereocenters. The summed E-state index contributed by atoms with van der Waals surface area (Å²) in [5.74, 6) is 1.33. The summed E-state index contributed by atoms with van der Waals surface area (Å²) in [5, 5.41) is 6.58. The van der Waals surface area contributed by atoms with Gasteiger partial charge in [-0.3, -0.25) is 9.59 Å². The molecule has 1 atom stereocenters. The summed E-state index contributed by atoms with van der Waals surface area (Å²) in [5.41, 5.74) is 0. The Balaban J connectivity index is 0.00000243. The normalized spacial score (nSPS) is 30.3. The topological polar surface area (TPSA) is 61.4 Å². The van der Waals surface area contributed by atoms with Crippen molar-refractivity contribution in [2.45, 2.75) is 83.2 Å². The van der Waals surface area contributed by atoms with Gasteiger partial charge < -0.3 is 15.5 Å². The van der Waals surface area contributed by atoms with Crippen LogP contribution >= 0.6 is 12.4 Å². The number of piperazine rings is 1. The Labute approximate surface area is 164 Å². The van der Waals surface area contributed by atoms with Crippen LogP contribution in [-0.2, 0) is 9.59 Å². The minimum Gasteiger partial charge on any atom is -0.353 e. The van der Waals surface area contributed by atoms with Crippen LogP contribution in [-0.4, -0.2) is 48.4 Å². The lowest BCUT2D eigenvalue weighted by molar-refractivity contribution is -0.139. The fraction of sp³-hybridized carbons (Fsp3) is 0.900. The summed E-state index contributed by atoms with van der Waals surface area (Å²) >= 11 is 0. The van der Waals surface area contributed by atoms with Gasteiger partial charge in [0.15, 0.2) is 0 Å². The van der Waals surface area contributed by atoms with Crippen molar-refractivity contribution in [1.29, 1.82) is 0 Å². The van der Waals surface area contributed by atoms with Gasteiger partial charge in [-0.25, -0.2) is 0 Å². The highest BCUT2D eigenvalue weighted by atomic mass is 35.5. The number of hydrogen-bond donors (Lipinski definition) is 2. The molecule has 2 aliphatic carbocycles. The largest absolute Gasteiger partial charge is 0.353 e. The monoisotopic (exact) mass is 385 g/mol. The predicted molar refractivity (Wildman–Crippen MR) is 106 cm³/mol. The first-order valence-corrected chi connectivity index (χ1v) is 10.4. The molecule has 150 valence electrons. The molecule has 1 aliphatic heterocycles. The Morgan fingerprint density at radius 2 is 1.73 bits per heavy atom. The van der Waals surface area contributed by atoms with Gasteiger partial charge in [-0.1, -0.05) is 19.3 Å². The second-order valence-corrected chi connectivity index (χ2v) is 8.41. The van der Waals surface area contributed by atoms with Crippen molar-refractivity contribution < 1.29 is 9.59 Å². The van der Waals surface area contributed by atoms with Crippen LogP contribution in [0.5, 0.6) is 0 Å². The molecule has 2 amide bonds. The zero-order valence-corrected chi connectivity index (χ0v) is 17.0. The lowest BCUT2D eigenvalue weighted by Crippen LogP contribution is -2.54. The molecule has 5 nitrogen and oxygen atoms in total. The predicted octanol–water partition coefficient (Wildman–Crippen LogP) is 2.87. The number of amides is 2. The molecular weight excluding hydrogens is 350 g/mol. The van der Waals surface area contributed by atoms with Crippen LogP contribution < -0.4 is 10.6 Å². The molecule has 0 spiro atoms. The fourth-order valence-corrected chi connectivity index (χ4v) is 4.83. The smallest absolute Gasteiger partial charge is 0.226 e. The van der Waals surface area contributed by atoms with Gasteiger partial charge in [0.1, 0.15) is 0 Å². The van der Waals surface area contributed by atoms with E-state index in [9.17, 15) is 9.59 Å². The van der Waals surface area contributed by atoms with Crippen LogP contribution in [0.4, 0.5) is 0 Å². The second kappa shape index (κ2) is 10.5. The number of carbonyl (C=O) groups excluding carboxylic acids is 2. The molecule has 1 heterocycles. The van der Waals surface area contributed by atoms with Crippen LogP contribution in [0.3, 0.4) is 0 Å². The molecule has 0 aromatic rings. The molecule has 0 aromatic heterocycles. The first kappa shape index (κ1) is 21.5. The van der Waals surface area contributed by atoms with Gasteiger partial charge in [-0.15, -0.1) is 12.4 Å². The van der Waals surface area contributed by atoms with Crippen LogP contribution in [0.25, 0.3) is 0 Å². The number of carbonyl (C=O) groups is 2. The van der Waals surface area contributed by atoms with E-state index >= 15 is 0 Å². The quantitative estimate of drug-likeness (QED) is 0.782. The molecule has 0 radical (unpaired) electrons. The fourth-order valence-electron chi connectivity index (χ4n) is 4.83. The van der Waals surface area contributed by atoms with Crippen LogP contribution in [0.15, 0.2) is 0 Å².